The second-order valence-electron chi connectivity index (χ2n) is 3.45. The molecule has 0 aromatic heterocycles. The number of nitrogens with two attached hydrogens (primary N) is 1. The minimum atomic E-state index is 0.00579. The average Bonchev–Trinajstić information content (AvgIpc) is 1.57. The highest BCUT2D eigenvalue weighted by Crippen LogP contribution is 1.96. The standard InChI is InChI=1S/C5H12N2S.C3H8/c1-5(2,3)7-4(6)8;1-3-2/h1-3H3,(H3,6,7,8);3H2,1-2H3. The van der Waals surface area contributed by atoms with E-state index in [4.69, 9.17) is 5.73 Å². The maximum Gasteiger partial charge on any atom is 0.164 e. The molecule has 0 fully saturated rings. The van der Waals surface area contributed by atoms with Crippen LogP contribution in [0.25, 0.3) is 0 Å². The topological polar surface area (TPSA) is 38.0 Å². The van der Waals surface area contributed by atoms with Crippen LogP contribution in [0.1, 0.15) is 41.0 Å². The molecule has 0 aliphatic rings. The highest BCUT2D eigenvalue weighted by Gasteiger charge is 2.07. The van der Waals surface area contributed by atoms with Gasteiger partial charge in [-0.1, -0.05) is 20.3 Å². The zero-order valence-electron chi connectivity index (χ0n) is 8.19. The van der Waals surface area contributed by atoms with Gasteiger partial charge in [0, 0.05) is 5.54 Å². The van der Waals surface area contributed by atoms with E-state index in [1.165, 1.54) is 6.42 Å². The maximum absolute atomic E-state index is 5.20. The summed E-state index contributed by atoms with van der Waals surface area (Å²) < 4.78 is 0. The summed E-state index contributed by atoms with van der Waals surface area (Å²) in [5, 5.41) is 3.25. The second-order valence-corrected chi connectivity index (χ2v) is 3.89. The lowest BCUT2D eigenvalue weighted by molar-refractivity contribution is 0.513. The Morgan fingerprint density at radius 2 is 1.64 bits per heavy atom. The first-order valence-corrected chi connectivity index (χ1v) is 4.32. The molecule has 3 N–H and O–H groups in total. The van der Waals surface area contributed by atoms with Gasteiger partial charge in [0.1, 0.15) is 0 Å². The van der Waals surface area contributed by atoms with E-state index in [9.17, 15) is 0 Å². The monoisotopic (exact) mass is 176 g/mol. The number of nitrogens with one attached hydrogen (secondary N) is 1. The van der Waals surface area contributed by atoms with Crippen LogP contribution in [0.5, 0.6) is 0 Å². The van der Waals surface area contributed by atoms with Crippen molar-refractivity contribution in [2.24, 2.45) is 5.73 Å². The molecule has 0 saturated heterocycles. The Balaban J connectivity index is 0. The molecule has 0 amide bonds. The van der Waals surface area contributed by atoms with Gasteiger partial charge in [0.05, 0.1) is 0 Å². The number of thiocarbonyl (C=S) groups is 1. The Hall–Kier alpha value is -0.310. The van der Waals surface area contributed by atoms with Gasteiger partial charge in [-0.25, -0.2) is 0 Å². The fourth-order valence-electron chi connectivity index (χ4n) is 0.370. The molecule has 2 nitrogen and oxygen atoms in total. The van der Waals surface area contributed by atoms with Gasteiger partial charge < -0.3 is 11.1 Å². The van der Waals surface area contributed by atoms with Crippen molar-refractivity contribution in [3.8, 4) is 0 Å². The third-order valence-corrected chi connectivity index (χ3v) is 0.600. The third-order valence-electron chi connectivity index (χ3n) is 0.498. The Labute approximate surface area is 75.5 Å². The maximum atomic E-state index is 5.20. The molecule has 3 heteroatoms. The molecular weight excluding hydrogens is 156 g/mol. The van der Waals surface area contributed by atoms with E-state index in [2.05, 4.69) is 31.4 Å². The van der Waals surface area contributed by atoms with Crippen molar-refractivity contribution in [1.29, 1.82) is 0 Å². The lowest BCUT2D eigenvalue weighted by Gasteiger charge is -2.19. The summed E-state index contributed by atoms with van der Waals surface area (Å²) in [6, 6.07) is 0. The lowest BCUT2D eigenvalue weighted by atomic mass is 10.1. The molecule has 0 radical (unpaired) electrons. The summed E-state index contributed by atoms with van der Waals surface area (Å²) >= 11 is 4.61. The van der Waals surface area contributed by atoms with Crippen LogP contribution < -0.4 is 11.1 Å². The quantitative estimate of drug-likeness (QED) is 0.555. The van der Waals surface area contributed by atoms with Crippen molar-refractivity contribution in [2.45, 2.75) is 46.6 Å². The molecule has 0 aromatic carbocycles. The predicted molar refractivity (Wildman–Crippen MR) is 55.6 cm³/mol. The minimum Gasteiger partial charge on any atom is -0.376 e. The van der Waals surface area contributed by atoms with Crippen LogP contribution in [-0.2, 0) is 0 Å². The van der Waals surface area contributed by atoms with Crippen LogP contribution in [0.3, 0.4) is 0 Å². The first kappa shape index (κ1) is 13.3. The van der Waals surface area contributed by atoms with E-state index >= 15 is 0 Å². The van der Waals surface area contributed by atoms with Crippen LogP contribution in [0.4, 0.5) is 0 Å². The fraction of sp³-hybridized carbons (Fsp3) is 0.875. The molecule has 68 valence electrons. The summed E-state index contributed by atoms with van der Waals surface area (Å²) in [4.78, 5) is 0. The predicted octanol–water partition coefficient (Wildman–Crippen LogP) is 2.03. The highest BCUT2D eigenvalue weighted by molar-refractivity contribution is 7.80. The van der Waals surface area contributed by atoms with Crippen LogP contribution in [-0.4, -0.2) is 10.7 Å². The first-order valence-electron chi connectivity index (χ1n) is 3.91. The van der Waals surface area contributed by atoms with E-state index in [0.717, 1.165) is 0 Å². The van der Waals surface area contributed by atoms with Gasteiger partial charge in [-0.3, -0.25) is 0 Å². The average molecular weight is 176 g/mol. The molecule has 11 heavy (non-hydrogen) atoms. The number of hydrogen-bond donors (Lipinski definition) is 2. The minimum absolute atomic E-state index is 0.00579. The van der Waals surface area contributed by atoms with Gasteiger partial charge in [0.15, 0.2) is 5.11 Å². The lowest BCUT2D eigenvalue weighted by Crippen LogP contribution is -2.43. The molecule has 0 aromatic rings. The van der Waals surface area contributed by atoms with Crippen LogP contribution in [0.15, 0.2) is 0 Å². The molecule has 0 heterocycles. The van der Waals surface area contributed by atoms with E-state index in [1.807, 2.05) is 20.8 Å². The Morgan fingerprint density at radius 3 is 1.64 bits per heavy atom. The van der Waals surface area contributed by atoms with Gasteiger partial charge in [-0.05, 0) is 33.0 Å². The molecule has 0 rings (SSSR count). The molecule has 0 bridgehead atoms. The largest absolute Gasteiger partial charge is 0.376 e. The van der Waals surface area contributed by atoms with Gasteiger partial charge in [-0.2, -0.15) is 0 Å². The van der Waals surface area contributed by atoms with Gasteiger partial charge in [0.25, 0.3) is 0 Å². The summed E-state index contributed by atoms with van der Waals surface area (Å²) in [7, 11) is 0. The molecule has 0 saturated carbocycles. The third kappa shape index (κ3) is 26.1. The Morgan fingerprint density at radius 1 is 1.36 bits per heavy atom. The summed E-state index contributed by atoms with van der Waals surface area (Å²) in [5.74, 6) is 0. The number of hydrogen-bond acceptors (Lipinski definition) is 1. The first-order chi connectivity index (χ1) is 4.83. The summed E-state index contributed by atoms with van der Waals surface area (Å²) in [6.45, 7) is 10.3. The summed E-state index contributed by atoms with van der Waals surface area (Å²) in [5.41, 5.74) is 5.20. The zero-order valence-corrected chi connectivity index (χ0v) is 9.01. The van der Waals surface area contributed by atoms with Crippen molar-refractivity contribution in [3.05, 3.63) is 0 Å². The van der Waals surface area contributed by atoms with Gasteiger partial charge in [-0.15, -0.1) is 0 Å². The van der Waals surface area contributed by atoms with Gasteiger partial charge >= 0.3 is 0 Å². The van der Waals surface area contributed by atoms with Crippen molar-refractivity contribution < 1.29 is 0 Å². The second kappa shape index (κ2) is 6.40. The van der Waals surface area contributed by atoms with Crippen LogP contribution in [0, 0.1) is 0 Å². The van der Waals surface area contributed by atoms with Crippen molar-refractivity contribution >= 4 is 17.3 Å². The molecule has 0 atom stereocenters. The fourth-order valence-corrected chi connectivity index (χ4v) is 0.676. The normalized spacial score (nSPS) is 9.55. The van der Waals surface area contributed by atoms with E-state index < -0.39 is 0 Å². The van der Waals surface area contributed by atoms with Crippen LogP contribution in [0.2, 0.25) is 0 Å². The van der Waals surface area contributed by atoms with Gasteiger partial charge in [0.2, 0.25) is 0 Å². The highest BCUT2D eigenvalue weighted by atomic mass is 32.1. The molecular formula is C8H20N2S. The molecule has 0 aliphatic carbocycles. The number of rotatable bonds is 0. The smallest absolute Gasteiger partial charge is 0.164 e. The molecule has 0 unspecified atom stereocenters. The SMILES string of the molecule is CC(C)(C)NC(N)=S.CCC. The molecule has 0 spiro atoms. The van der Waals surface area contributed by atoms with E-state index in [-0.39, 0.29) is 5.54 Å². The Kier molecular flexibility index (Phi) is 7.74. The summed E-state index contributed by atoms with van der Waals surface area (Å²) in [6.07, 6.45) is 1.25. The van der Waals surface area contributed by atoms with E-state index in [1.54, 1.807) is 0 Å². The van der Waals surface area contributed by atoms with E-state index in [0.29, 0.717) is 5.11 Å². The van der Waals surface area contributed by atoms with Crippen molar-refractivity contribution in [2.75, 3.05) is 0 Å². The van der Waals surface area contributed by atoms with Crippen molar-refractivity contribution in [3.63, 3.8) is 0 Å². The Bertz CT molecular complexity index is 105. The van der Waals surface area contributed by atoms with Crippen LogP contribution >= 0.6 is 12.2 Å². The molecule has 0 aliphatic heterocycles. The van der Waals surface area contributed by atoms with Crippen molar-refractivity contribution in [1.82, 2.24) is 5.32 Å². The zero-order chi connectivity index (χ0) is 9.49.